The maximum Gasteiger partial charge on any atom is 0.330 e. The summed E-state index contributed by atoms with van der Waals surface area (Å²) < 4.78 is 4.80. The maximum absolute atomic E-state index is 11.0. The second-order valence-corrected chi connectivity index (χ2v) is 4.89. The van der Waals surface area contributed by atoms with Gasteiger partial charge in [-0.15, -0.1) is 0 Å². The molecule has 4 nitrogen and oxygen atoms in total. The van der Waals surface area contributed by atoms with Crippen molar-refractivity contribution in [3.05, 3.63) is 12.2 Å². The highest BCUT2D eigenvalue weighted by Crippen LogP contribution is 2.18. The van der Waals surface area contributed by atoms with Crippen LogP contribution in [0.15, 0.2) is 12.2 Å². The minimum absolute atomic E-state index is 0.255. The molecule has 0 saturated carbocycles. The third kappa shape index (κ3) is 6.77. The topological polar surface area (TPSA) is 41.6 Å². The van der Waals surface area contributed by atoms with Crippen LogP contribution in [0, 0.1) is 5.92 Å². The van der Waals surface area contributed by atoms with E-state index in [2.05, 4.69) is 17.3 Å². The van der Waals surface area contributed by atoms with E-state index in [4.69, 9.17) is 4.74 Å². The molecule has 104 valence electrons. The summed E-state index contributed by atoms with van der Waals surface area (Å²) in [6.45, 7) is 6.48. The number of hydrogen-bond donors (Lipinski definition) is 1. The normalized spacial score (nSPS) is 18.3. The summed E-state index contributed by atoms with van der Waals surface area (Å²) in [5, 5.41) is 3.33. The van der Waals surface area contributed by atoms with E-state index in [1.807, 2.05) is 13.0 Å². The third-order valence-electron chi connectivity index (χ3n) is 3.37. The average molecular weight is 254 g/mol. The monoisotopic (exact) mass is 254 g/mol. The molecule has 1 rings (SSSR count). The zero-order valence-corrected chi connectivity index (χ0v) is 11.7. The van der Waals surface area contributed by atoms with E-state index in [0.29, 0.717) is 6.61 Å². The van der Waals surface area contributed by atoms with Gasteiger partial charge in [0, 0.05) is 12.6 Å². The molecule has 0 aromatic carbocycles. The van der Waals surface area contributed by atoms with Crippen molar-refractivity contribution in [3.63, 3.8) is 0 Å². The van der Waals surface area contributed by atoms with Crippen LogP contribution in [0.3, 0.4) is 0 Å². The largest absolute Gasteiger partial charge is 0.463 e. The summed E-state index contributed by atoms with van der Waals surface area (Å²) >= 11 is 0. The zero-order valence-electron chi connectivity index (χ0n) is 11.7. The quantitative estimate of drug-likeness (QED) is 0.424. The van der Waals surface area contributed by atoms with Crippen LogP contribution in [0.1, 0.15) is 26.2 Å². The molecular weight excluding hydrogens is 228 g/mol. The number of likely N-dealkylation sites (tertiary alicyclic amines) is 1. The fourth-order valence-electron chi connectivity index (χ4n) is 2.19. The lowest BCUT2D eigenvalue weighted by Gasteiger charge is -2.28. The minimum Gasteiger partial charge on any atom is -0.463 e. The Morgan fingerprint density at radius 2 is 2.17 bits per heavy atom. The number of hydrogen-bond acceptors (Lipinski definition) is 4. The van der Waals surface area contributed by atoms with Gasteiger partial charge in [0.2, 0.25) is 0 Å². The Balaban J connectivity index is 1.97. The Kier molecular flexibility index (Phi) is 7.69. The number of nitrogens with one attached hydrogen (secondary N) is 1. The Hall–Kier alpha value is -0.870. The Morgan fingerprint density at radius 1 is 1.44 bits per heavy atom. The smallest absolute Gasteiger partial charge is 0.330 e. The van der Waals surface area contributed by atoms with Crippen molar-refractivity contribution in [1.29, 1.82) is 0 Å². The van der Waals surface area contributed by atoms with Crippen molar-refractivity contribution in [3.8, 4) is 0 Å². The van der Waals surface area contributed by atoms with Crippen LogP contribution in [0.25, 0.3) is 0 Å². The van der Waals surface area contributed by atoms with E-state index in [0.717, 1.165) is 19.0 Å². The van der Waals surface area contributed by atoms with Crippen LogP contribution in [-0.2, 0) is 9.53 Å². The molecule has 1 fully saturated rings. The molecular formula is C14H26N2O2. The number of nitrogens with zero attached hydrogens (tertiary/aromatic N) is 1. The second-order valence-electron chi connectivity index (χ2n) is 4.89. The molecule has 1 heterocycles. The van der Waals surface area contributed by atoms with Gasteiger partial charge < -0.3 is 15.0 Å². The Morgan fingerprint density at radius 3 is 2.83 bits per heavy atom. The molecule has 18 heavy (non-hydrogen) atoms. The van der Waals surface area contributed by atoms with Crippen molar-refractivity contribution < 1.29 is 9.53 Å². The molecule has 0 aromatic rings. The van der Waals surface area contributed by atoms with Crippen molar-refractivity contribution >= 4 is 5.97 Å². The van der Waals surface area contributed by atoms with Gasteiger partial charge >= 0.3 is 5.97 Å². The number of carbonyl (C=O) groups is 1. The van der Waals surface area contributed by atoms with Gasteiger partial charge in [0.1, 0.15) is 0 Å². The van der Waals surface area contributed by atoms with Crippen LogP contribution in [0.5, 0.6) is 0 Å². The number of piperidine rings is 1. The van der Waals surface area contributed by atoms with Crippen molar-refractivity contribution in [2.24, 2.45) is 5.92 Å². The number of ether oxygens (including phenoxy) is 1. The summed E-state index contributed by atoms with van der Waals surface area (Å²) in [4.78, 5) is 13.4. The molecule has 4 heteroatoms. The summed E-state index contributed by atoms with van der Waals surface area (Å²) in [5.74, 6) is 0.609. The first-order valence-corrected chi connectivity index (χ1v) is 6.95. The van der Waals surface area contributed by atoms with Crippen molar-refractivity contribution in [2.45, 2.75) is 26.2 Å². The van der Waals surface area contributed by atoms with Gasteiger partial charge in [-0.3, -0.25) is 0 Å². The molecule has 0 amide bonds. The van der Waals surface area contributed by atoms with Gasteiger partial charge in [0.05, 0.1) is 6.61 Å². The fraction of sp³-hybridized carbons (Fsp3) is 0.786. The molecule has 0 aliphatic carbocycles. The van der Waals surface area contributed by atoms with E-state index in [1.165, 1.54) is 38.4 Å². The van der Waals surface area contributed by atoms with Crippen LogP contribution in [0.2, 0.25) is 0 Å². The third-order valence-corrected chi connectivity index (χ3v) is 3.37. The van der Waals surface area contributed by atoms with E-state index in [-0.39, 0.29) is 5.97 Å². The first kappa shape index (κ1) is 15.2. The highest BCUT2D eigenvalue weighted by Gasteiger charge is 2.15. The SMILES string of the molecule is CCOC(=O)/C=C/CNCCC1CCN(C)CC1. The number of esters is 1. The van der Waals surface area contributed by atoms with Gasteiger partial charge in [-0.05, 0) is 58.8 Å². The fourth-order valence-corrected chi connectivity index (χ4v) is 2.19. The molecule has 1 saturated heterocycles. The first-order valence-electron chi connectivity index (χ1n) is 6.95. The molecule has 0 atom stereocenters. The van der Waals surface area contributed by atoms with Gasteiger partial charge in [-0.25, -0.2) is 4.79 Å². The highest BCUT2D eigenvalue weighted by molar-refractivity contribution is 5.81. The first-order chi connectivity index (χ1) is 8.72. The summed E-state index contributed by atoms with van der Waals surface area (Å²) in [6, 6.07) is 0. The molecule has 0 radical (unpaired) electrons. The lowest BCUT2D eigenvalue weighted by Crippen LogP contribution is -2.31. The Labute approximate surface area is 110 Å². The van der Waals surface area contributed by atoms with E-state index in [1.54, 1.807) is 0 Å². The van der Waals surface area contributed by atoms with Crippen molar-refractivity contribution in [2.75, 3.05) is 39.8 Å². The van der Waals surface area contributed by atoms with Crippen LogP contribution < -0.4 is 5.32 Å². The number of rotatable bonds is 7. The van der Waals surface area contributed by atoms with Crippen LogP contribution >= 0.6 is 0 Å². The molecule has 0 unspecified atom stereocenters. The molecule has 1 aliphatic heterocycles. The molecule has 1 aliphatic rings. The maximum atomic E-state index is 11.0. The minimum atomic E-state index is -0.255. The number of carbonyl (C=O) groups excluding carboxylic acids is 1. The highest BCUT2D eigenvalue weighted by atomic mass is 16.5. The van der Waals surface area contributed by atoms with Gasteiger partial charge in [-0.2, -0.15) is 0 Å². The van der Waals surface area contributed by atoms with Gasteiger partial charge in [0.15, 0.2) is 0 Å². The molecule has 1 N–H and O–H groups in total. The van der Waals surface area contributed by atoms with Gasteiger partial charge in [0.25, 0.3) is 0 Å². The van der Waals surface area contributed by atoms with Gasteiger partial charge in [-0.1, -0.05) is 6.08 Å². The molecule has 0 aromatic heterocycles. The lowest BCUT2D eigenvalue weighted by atomic mass is 9.94. The Bertz CT molecular complexity index is 259. The van der Waals surface area contributed by atoms with E-state index >= 15 is 0 Å². The summed E-state index contributed by atoms with van der Waals surface area (Å²) in [5.41, 5.74) is 0. The van der Waals surface area contributed by atoms with Crippen LogP contribution in [0.4, 0.5) is 0 Å². The average Bonchev–Trinajstić information content (AvgIpc) is 2.36. The lowest BCUT2D eigenvalue weighted by molar-refractivity contribution is -0.137. The van der Waals surface area contributed by atoms with E-state index < -0.39 is 0 Å². The van der Waals surface area contributed by atoms with Crippen molar-refractivity contribution in [1.82, 2.24) is 10.2 Å². The predicted octanol–water partition coefficient (Wildman–Crippen LogP) is 1.43. The summed E-state index contributed by atoms with van der Waals surface area (Å²) in [7, 11) is 2.19. The van der Waals surface area contributed by atoms with E-state index in [9.17, 15) is 4.79 Å². The summed E-state index contributed by atoms with van der Waals surface area (Å²) in [6.07, 6.45) is 7.19. The zero-order chi connectivity index (χ0) is 13.2. The molecule has 0 spiro atoms. The standard InChI is InChI=1S/C14H26N2O2/c1-3-18-14(17)5-4-9-15-10-6-13-7-11-16(2)12-8-13/h4-5,13,15H,3,6-12H2,1-2H3/b5-4+. The predicted molar refractivity (Wildman–Crippen MR) is 73.5 cm³/mol. The van der Waals surface area contributed by atoms with Crippen LogP contribution in [-0.4, -0.2) is 50.7 Å². The second kappa shape index (κ2) is 9.11. The molecule has 0 bridgehead atoms.